The van der Waals surface area contributed by atoms with E-state index in [0.29, 0.717) is 12.3 Å². The number of likely N-dealkylation sites (tertiary alicyclic amines) is 1. The van der Waals surface area contributed by atoms with Gasteiger partial charge < -0.3 is 4.90 Å². The summed E-state index contributed by atoms with van der Waals surface area (Å²) >= 11 is 0. The van der Waals surface area contributed by atoms with E-state index in [4.69, 9.17) is 0 Å². The zero-order chi connectivity index (χ0) is 11.3. The maximum absolute atomic E-state index is 11.0. The van der Waals surface area contributed by atoms with E-state index in [9.17, 15) is 8.42 Å². The Bertz CT molecular complexity index is 272. The molecule has 0 amide bonds. The van der Waals surface area contributed by atoms with Crippen molar-refractivity contribution in [2.45, 2.75) is 25.7 Å². The van der Waals surface area contributed by atoms with Crippen LogP contribution >= 0.6 is 0 Å². The molecule has 1 aliphatic heterocycles. The van der Waals surface area contributed by atoms with E-state index in [2.05, 4.69) is 11.8 Å². The summed E-state index contributed by atoms with van der Waals surface area (Å²) in [5.41, 5.74) is 0. The Labute approximate surface area is 93.8 Å². The maximum atomic E-state index is 11.0. The highest BCUT2D eigenvalue weighted by molar-refractivity contribution is 7.90. The number of nitrogens with zero attached hydrogens (tertiary/aromatic N) is 1. The van der Waals surface area contributed by atoms with Crippen LogP contribution in [0.3, 0.4) is 0 Å². The SMILES string of the molecule is [CH2]CCC1CCCN(CCS(C)(=O)=O)C1. The van der Waals surface area contributed by atoms with Crippen LogP contribution in [0.15, 0.2) is 0 Å². The molecule has 1 aliphatic rings. The van der Waals surface area contributed by atoms with Gasteiger partial charge in [0.2, 0.25) is 0 Å². The van der Waals surface area contributed by atoms with E-state index >= 15 is 0 Å². The minimum Gasteiger partial charge on any atom is -0.302 e. The zero-order valence-electron chi connectivity index (χ0n) is 9.61. The molecule has 0 aromatic rings. The van der Waals surface area contributed by atoms with Crippen LogP contribution in [0.2, 0.25) is 0 Å². The molecule has 1 atom stereocenters. The molecule has 15 heavy (non-hydrogen) atoms. The lowest BCUT2D eigenvalue weighted by atomic mass is 9.94. The van der Waals surface area contributed by atoms with Crippen LogP contribution in [0.25, 0.3) is 0 Å². The molecule has 1 heterocycles. The van der Waals surface area contributed by atoms with E-state index in [1.807, 2.05) is 0 Å². The highest BCUT2D eigenvalue weighted by Gasteiger charge is 2.19. The summed E-state index contributed by atoms with van der Waals surface area (Å²) in [5.74, 6) is 1.03. The molecule has 1 saturated heterocycles. The first kappa shape index (κ1) is 13.0. The van der Waals surface area contributed by atoms with Gasteiger partial charge in [-0.2, -0.15) is 0 Å². The third-order valence-corrected chi connectivity index (χ3v) is 3.92. The Hall–Kier alpha value is -0.0900. The molecular weight excluding hydrogens is 210 g/mol. The van der Waals surface area contributed by atoms with Crippen molar-refractivity contribution in [2.24, 2.45) is 5.92 Å². The molecule has 1 fully saturated rings. The Balaban J connectivity index is 2.30. The second-order valence-electron chi connectivity index (χ2n) is 4.58. The summed E-state index contributed by atoms with van der Waals surface area (Å²) in [6.07, 6.45) is 5.96. The molecule has 0 aromatic heterocycles. The normalized spacial score (nSPS) is 24.3. The van der Waals surface area contributed by atoms with Crippen molar-refractivity contribution >= 4 is 9.84 Å². The molecule has 0 bridgehead atoms. The first-order valence-corrected chi connectivity index (χ1v) is 7.76. The third kappa shape index (κ3) is 5.52. The second-order valence-corrected chi connectivity index (χ2v) is 6.84. The second kappa shape index (κ2) is 5.85. The highest BCUT2D eigenvalue weighted by atomic mass is 32.2. The molecule has 1 unspecified atom stereocenters. The van der Waals surface area contributed by atoms with Gasteiger partial charge in [-0.05, 0) is 31.7 Å². The van der Waals surface area contributed by atoms with Crippen molar-refractivity contribution in [1.29, 1.82) is 0 Å². The van der Waals surface area contributed by atoms with Crippen molar-refractivity contribution in [3.63, 3.8) is 0 Å². The van der Waals surface area contributed by atoms with Crippen LogP contribution in [-0.2, 0) is 9.84 Å². The van der Waals surface area contributed by atoms with E-state index in [0.717, 1.165) is 25.4 Å². The van der Waals surface area contributed by atoms with Gasteiger partial charge in [-0.15, -0.1) is 0 Å². The van der Waals surface area contributed by atoms with E-state index in [1.54, 1.807) is 0 Å². The fourth-order valence-corrected chi connectivity index (χ4v) is 2.76. The summed E-state index contributed by atoms with van der Waals surface area (Å²) in [6, 6.07) is 0. The smallest absolute Gasteiger partial charge is 0.148 e. The van der Waals surface area contributed by atoms with Crippen LogP contribution in [0, 0.1) is 12.8 Å². The van der Waals surface area contributed by atoms with Crippen molar-refractivity contribution in [3.8, 4) is 0 Å². The number of hydrogen-bond donors (Lipinski definition) is 0. The topological polar surface area (TPSA) is 37.4 Å². The lowest BCUT2D eigenvalue weighted by Crippen LogP contribution is -2.38. The predicted octanol–water partition coefficient (Wildman–Crippen LogP) is 1.36. The van der Waals surface area contributed by atoms with Crippen molar-refractivity contribution in [1.82, 2.24) is 4.90 Å². The zero-order valence-corrected chi connectivity index (χ0v) is 10.4. The summed E-state index contributed by atoms with van der Waals surface area (Å²) in [5, 5.41) is 0. The molecule has 0 N–H and O–H groups in total. The molecule has 1 radical (unpaired) electrons. The molecule has 89 valence electrons. The lowest BCUT2D eigenvalue weighted by molar-refractivity contribution is 0.177. The molecule has 0 aliphatic carbocycles. The Kier molecular flexibility index (Phi) is 5.06. The fourth-order valence-electron chi connectivity index (χ4n) is 2.17. The largest absolute Gasteiger partial charge is 0.302 e. The standard InChI is InChI=1S/C11H22NO2S/c1-3-5-11-6-4-7-12(10-11)8-9-15(2,13)14/h11H,1,3-10H2,2H3. The van der Waals surface area contributed by atoms with Crippen LogP contribution in [0.4, 0.5) is 0 Å². The maximum Gasteiger partial charge on any atom is 0.148 e. The average Bonchev–Trinajstić information content (AvgIpc) is 2.15. The van der Waals surface area contributed by atoms with Crippen LogP contribution in [0.5, 0.6) is 0 Å². The fraction of sp³-hybridized carbons (Fsp3) is 0.909. The van der Waals surface area contributed by atoms with Crippen molar-refractivity contribution in [3.05, 3.63) is 6.92 Å². The van der Waals surface area contributed by atoms with Gasteiger partial charge >= 0.3 is 0 Å². The van der Waals surface area contributed by atoms with Gasteiger partial charge in [0.25, 0.3) is 0 Å². The summed E-state index contributed by atoms with van der Waals surface area (Å²) in [6.45, 7) is 6.70. The minimum absolute atomic E-state index is 0.296. The molecule has 3 nitrogen and oxygen atoms in total. The molecule has 0 aromatic carbocycles. The Morgan fingerprint density at radius 2 is 2.20 bits per heavy atom. The number of hydrogen-bond acceptors (Lipinski definition) is 3. The quantitative estimate of drug-likeness (QED) is 0.718. The monoisotopic (exact) mass is 232 g/mol. The minimum atomic E-state index is -2.81. The van der Waals surface area contributed by atoms with Gasteiger partial charge in [-0.1, -0.05) is 13.3 Å². The molecule has 0 saturated carbocycles. The van der Waals surface area contributed by atoms with Gasteiger partial charge in [0.15, 0.2) is 0 Å². The van der Waals surface area contributed by atoms with Gasteiger partial charge in [-0.3, -0.25) is 0 Å². The summed E-state index contributed by atoms with van der Waals surface area (Å²) in [4.78, 5) is 2.28. The van der Waals surface area contributed by atoms with Crippen LogP contribution in [-0.4, -0.2) is 45.0 Å². The van der Waals surface area contributed by atoms with E-state index in [1.165, 1.54) is 25.5 Å². The molecule has 0 spiro atoms. The van der Waals surface area contributed by atoms with E-state index < -0.39 is 9.84 Å². The number of piperidine rings is 1. The number of rotatable bonds is 5. The van der Waals surface area contributed by atoms with Crippen molar-refractivity contribution in [2.75, 3.05) is 31.6 Å². The molecular formula is C11H22NO2S. The van der Waals surface area contributed by atoms with Gasteiger partial charge in [-0.25, -0.2) is 8.42 Å². The van der Waals surface area contributed by atoms with Gasteiger partial charge in [0.1, 0.15) is 9.84 Å². The predicted molar refractivity (Wildman–Crippen MR) is 63.5 cm³/mol. The third-order valence-electron chi connectivity index (χ3n) is 2.99. The first-order valence-electron chi connectivity index (χ1n) is 5.70. The van der Waals surface area contributed by atoms with E-state index in [-0.39, 0.29) is 0 Å². The van der Waals surface area contributed by atoms with Gasteiger partial charge in [0.05, 0.1) is 5.75 Å². The van der Waals surface area contributed by atoms with Crippen LogP contribution < -0.4 is 0 Å². The molecule has 1 rings (SSSR count). The number of sulfone groups is 1. The van der Waals surface area contributed by atoms with Crippen molar-refractivity contribution < 1.29 is 8.42 Å². The Morgan fingerprint density at radius 3 is 2.80 bits per heavy atom. The Morgan fingerprint density at radius 1 is 1.47 bits per heavy atom. The summed E-state index contributed by atoms with van der Waals surface area (Å²) in [7, 11) is -2.81. The van der Waals surface area contributed by atoms with Gasteiger partial charge in [0, 0.05) is 19.3 Å². The first-order chi connectivity index (χ1) is 7.01. The molecule has 4 heteroatoms. The average molecular weight is 232 g/mol. The van der Waals surface area contributed by atoms with Crippen LogP contribution in [0.1, 0.15) is 25.7 Å². The summed E-state index contributed by atoms with van der Waals surface area (Å²) < 4.78 is 22.1. The highest BCUT2D eigenvalue weighted by Crippen LogP contribution is 2.20. The lowest BCUT2D eigenvalue weighted by Gasteiger charge is -2.32.